The second-order valence-electron chi connectivity index (χ2n) is 8.25. The van der Waals surface area contributed by atoms with Crippen LogP contribution in [0.5, 0.6) is 0 Å². The van der Waals surface area contributed by atoms with Gasteiger partial charge in [-0.1, -0.05) is 30.3 Å². The highest BCUT2D eigenvalue weighted by atomic mass is 16.6. The first-order chi connectivity index (χ1) is 12.7. The van der Waals surface area contributed by atoms with Gasteiger partial charge in [0.05, 0.1) is 0 Å². The number of nitrogens with one attached hydrogen (secondary N) is 2. The number of benzene rings is 1. The van der Waals surface area contributed by atoms with E-state index in [0.29, 0.717) is 5.92 Å². The largest absolute Gasteiger partial charge is 0.445 e. The van der Waals surface area contributed by atoms with E-state index in [1.165, 1.54) is 0 Å². The van der Waals surface area contributed by atoms with Crippen LogP contribution in [0.25, 0.3) is 0 Å². The number of ether oxygens (including phenoxy) is 2. The maximum atomic E-state index is 12.0. The van der Waals surface area contributed by atoms with Crippen molar-refractivity contribution in [3.8, 4) is 0 Å². The molecule has 6 nitrogen and oxygen atoms in total. The van der Waals surface area contributed by atoms with Crippen molar-refractivity contribution in [3.05, 3.63) is 35.9 Å². The number of amides is 2. The summed E-state index contributed by atoms with van der Waals surface area (Å²) >= 11 is 0. The third kappa shape index (κ3) is 7.89. The average molecular weight is 376 g/mol. The summed E-state index contributed by atoms with van der Waals surface area (Å²) in [5, 5.41) is 5.87. The first kappa shape index (κ1) is 21.1. The normalized spacial score (nSPS) is 21.0. The summed E-state index contributed by atoms with van der Waals surface area (Å²) in [5.74, 6) is 0.381. The molecule has 6 heteroatoms. The Morgan fingerprint density at radius 1 is 1.07 bits per heavy atom. The minimum atomic E-state index is -0.486. The van der Waals surface area contributed by atoms with E-state index in [4.69, 9.17) is 9.47 Å². The number of hydrogen-bond acceptors (Lipinski definition) is 4. The Labute approximate surface area is 162 Å². The van der Waals surface area contributed by atoms with E-state index >= 15 is 0 Å². The third-order valence-electron chi connectivity index (χ3n) is 4.76. The van der Waals surface area contributed by atoms with Gasteiger partial charge in [-0.25, -0.2) is 9.59 Å². The van der Waals surface area contributed by atoms with Crippen LogP contribution in [0.2, 0.25) is 0 Å². The van der Waals surface area contributed by atoms with E-state index in [2.05, 4.69) is 10.6 Å². The monoisotopic (exact) mass is 376 g/mol. The second-order valence-corrected chi connectivity index (χ2v) is 8.25. The third-order valence-corrected chi connectivity index (χ3v) is 4.76. The van der Waals surface area contributed by atoms with Gasteiger partial charge in [0.1, 0.15) is 12.2 Å². The average Bonchev–Trinajstić information content (AvgIpc) is 2.60. The van der Waals surface area contributed by atoms with E-state index in [1.807, 2.05) is 58.0 Å². The molecule has 1 aliphatic carbocycles. The van der Waals surface area contributed by atoms with Crippen molar-refractivity contribution in [2.75, 3.05) is 0 Å². The molecule has 2 rings (SSSR count). The van der Waals surface area contributed by atoms with E-state index in [-0.39, 0.29) is 30.9 Å². The van der Waals surface area contributed by atoms with Crippen LogP contribution in [0.1, 0.15) is 58.9 Å². The van der Waals surface area contributed by atoms with Gasteiger partial charge in [0.2, 0.25) is 0 Å². The van der Waals surface area contributed by atoms with Gasteiger partial charge < -0.3 is 20.1 Å². The molecule has 0 saturated heterocycles. The lowest BCUT2D eigenvalue weighted by molar-refractivity contribution is 0.0485. The molecule has 2 N–H and O–H groups in total. The molecule has 1 aromatic carbocycles. The molecule has 0 spiro atoms. The fourth-order valence-electron chi connectivity index (χ4n) is 3.31. The molecule has 1 unspecified atom stereocenters. The molecular weight excluding hydrogens is 344 g/mol. The Kier molecular flexibility index (Phi) is 7.51. The van der Waals surface area contributed by atoms with Crippen LogP contribution in [0.4, 0.5) is 9.59 Å². The lowest BCUT2D eigenvalue weighted by atomic mass is 9.82. The SMILES string of the molecule is CC(NC(=O)OCc1ccccc1)C1CCC(NC(=O)OC(C)(C)C)CC1. The zero-order chi connectivity index (χ0) is 19.9. The van der Waals surface area contributed by atoms with Crippen molar-refractivity contribution >= 4 is 12.2 Å². The molecule has 150 valence electrons. The first-order valence-electron chi connectivity index (χ1n) is 9.69. The lowest BCUT2D eigenvalue weighted by Crippen LogP contribution is -2.44. The van der Waals surface area contributed by atoms with E-state index in [9.17, 15) is 9.59 Å². The highest BCUT2D eigenvalue weighted by Crippen LogP contribution is 2.27. The summed E-state index contributed by atoms with van der Waals surface area (Å²) in [7, 11) is 0. The summed E-state index contributed by atoms with van der Waals surface area (Å²) in [4.78, 5) is 23.9. The fraction of sp³-hybridized carbons (Fsp3) is 0.619. The van der Waals surface area contributed by atoms with Crippen molar-refractivity contribution < 1.29 is 19.1 Å². The predicted molar refractivity (Wildman–Crippen MR) is 104 cm³/mol. The first-order valence-corrected chi connectivity index (χ1v) is 9.69. The van der Waals surface area contributed by atoms with Gasteiger partial charge in [-0.3, -0.25) is 0 Å². The molecule has 0 bridgehead atoms. The van der Waals surface area contributed by atoms with Gasteiger partial charge in [0, 0.05) is 12.1 Å². The van der Waals surface area contributed by atoms with Crippen LogP contribution >= 0.6 is 0 Å². The number of carbonyl (C=O) groups excluding carboxylic acids is 2. The van der Waals surface area contributed by atoms with Crippen LogP contribution in [-0.2, 0) is 16.1 Å². The van der Waals surface area contributed by atoms with E-state index in [1.54, 1.807) is 0 Å². The number of carbonyl (C=O) groups is 2. The maximum absolute atomic E-state index is 12.0. The Bertz CT molecular complexity index is 604. The molecule has 1 aliphatic rings. The Morgan fingerprint density at radius 2 is 1.70 bits per heavy atom. The predicted octanol–water partition coefficient (Wildman–Crippen LogP) is 4.38. The van der Waals surface area contributed by atoms with Crippen molar-refractivity contribution in [1.82, 2.24) is 10.6 Å². The minimum Gasteiger partial charge on any atom is -0.445 e. The number of hydrogen-bond donors (Lipinski definition) is 2. The van der Waals surface area contributed by atoms with Gasteiger partial charge in [0.15, 0.2) is 0 Å². The Balaban J connectivity index is 1.67. The molecule has 1 atom stereocenters. The zero-order valence-corrected chi connectivity index (χ0v) is 16.8. The van der Waals surface area contributed by atoms with Crippen molar-refractivity contribution in [2.24, 2.45) is 5.92 Å². The highest BCUT2D eigenvalue weighted by molar-refractivity contribution is 5.68. The molecule has 0 aliphatic heterocycles. The standard InChI is InChI=1S/C21H32N2O4/c1-15(22-19(24)26-14-16-8-6-5-7-9-16)17-10-12-18(13-11-17)23-20(25)27-21(2,3)4/h5-9,15,17-18H,10-14H2,1-4H3,(H,22,24)(H,23,25). The van der Waals surface area contributed by atoms with E-state index < -0.39 is 5.60 Å². The molecule has 0 heterocycles. The fourth-order valence-corrected chi connectivity index (χ4v) is 3.31. The Morgan fingerprint density at radius 3 is 2.30 bits per heavy atom. The molecule has 0 aromatic heterocycles. The highest BCUT2D eigenvalue weighted by Gasteiger charge is 2.28. The second kappa shape index (κ2) is 9.62. The van der Waals surface area contributed by atoms with Gasteiger partial charge in [-0.05, 0) is 64.9 Å². The van der Waals surface area contributed by atoms with Gasteiger partial charge >= 0.3 is 12.2 Å². The summed E-state index contributed by atoms with van der Waals surface area (Å²) in [6.07, 6.45) is 2.91. The van der Waals surface area contributed by atoms with Gasteiger partial charge in [-0.2, -0.15) is 0 Å². The van der Waals surface area contributed by atoms with Crippen LogP contribution in [-0.4, -0.2) is 29.9 Å². The lowest BCUT2D eigenvalue weighted by Gasteiger charge is -2.33. The Hall–Kier alpha value is -2.24. The molecule has 1 aromatic rings. The molecule has 1 saturated carbocycles. The smallest absolute Gasteiger partial charge is 0.407 e. The zero-order valence-electron chi connectivity index (χ0n) is 16.8. The summed E-state index contributed by atoms with van der Waals surface area (Å²) < 4.78 is 10.6. The van der Waals surface area contributed by atoms with Gasteiger partial charge in [-0.15, -0.1) is 0 Å². The van der Waals surface area contributed by atoms with Crippen molar-refractivity contribution in [1.29, 1.82) is 0 Å². The molecule has 2 amide bonds. The minimum absolute atomic E-state index is 0.0377. The quantitative estimate of drug-likeness (QED) is 0.799. The van der Waals surface area contributed by atoms with Crippen molar-refractivity contribution in [3.63, 3.8) is 0 Å². The summed E-state index contributed by atoms with van der Waals surface area (Å²) in [6.45, 7) is 7.84. The molecular formula is C21H32N2O4. The van der Waals surface area contributed by atoms with Gasteiger partial charge in [0.25, 0.3) is 0 Å². The summed E-state index contributed by atoms with van der Waals surface area (Å²) in [6, 6.07) is 9.79. The molecule has 0 radical (unpaired) electrons. The number of alkyl carbamates (subject to hydrolysis) is 2. The van der Waals surface area contributed by atoms with Crippen LogP contribution < -0.4 is 10.6 Å². The topological polar surface area (TPSA) is 76.7 Å². The van der Waals surface area contributed by atoms with E-state index in [0.717, 1.165) is 31.2 Å². The molecule has 27 heavy (non-hydrogen) atoms. The van der Waals surface area contributed by atoms with Crippen LogP contribution in [0.3, 0.4) is 0 Å². The summed E-state index contributed by atoms with van der Waals surface area (Å²) in [5.41, 5.74) is 0.480. The van der Waals surface area contributed by atoms with Crippen LogP contribution in [0, 0.1) is 5.92 Å². The number of rotatable bonds is 5. The molecule has 1 fully saturated rings. The maximum Gasteiger partial charge on any atom is 0.407 e. The van der Waals surface area contributed by atoms with Crippen molar-refractivity contribution in [2.45, 2.75) is 77.7 Å². The van der Waals surface area contributed by atoms with Crippen LogP contribution in [0.15, 0.2) is 30.3 Å².